The first-order chi connectivity index (χ1) is 9.10. The number of carbonyl (C=O) groups excluding carboxylic acids is 1. The molecule has 2 rings (SSSR count). The van der Waals surface area contributed by atoms with E-state index in [4.69, 9.17) is 16.3 Å². The Kier molecular flexibility index (Phi) is 5.21. The first kappa shape index (κ1) is 14.8. The minimum absolute atomic E-state index is 0.00685. The summed E-state index contributed by atoms with van der Waals surface area (Å²) in [5.74, 6) is -0.00685. The Balaban J connectivity index is 2.10. The monoisotopic (exact) mass is 346 g/mol. The summed E-state index contributed by atoms with van der Waals surface area (Å²) in [5, 5.41) is 3.62. The van der Waals surface area contributed by atoms with Crippen LogP contribution in [-0.4, -0.2) is 50.2 Å². The van der Waals surface area contributed by atoms with Crippen LogP contribution in [0.15, 0.2) is 22.7 Å². The van der Waals surface area contributed by atoms with E-state index in [2.05, 4.69) is 21.2 Å². The Bertz CT molecular complexity index is 448. The molecule has 1 amide bonds. The van der Waals surface area contributed by atoms with Gasteiger partial charge in [0.2, 0.25) is 0 Å². The lowest BCUT2D eigenvalue weighted by Gasteiger charge is -2.33. The number of ether oxygens (including phenoxy) is 1. The SMILES string of the molecule is CNCC1CN(C(=O)c2cc(Cl)cc(Br)c2)CCO1. The van der Waals surface area contributed by atoms with E-state index in [1.165, 1.54) is 0 Å². The number of likely N-dealkylation sites (N-methyl/N-ethyl adjacent to an activating group) is 1. The minimum atomic E-state index is -0.00685. The summed E-state index contributed by atoms with van der Waals surface area (Å²) in [6, 6.07) is 5.25. The van der Waals surface area contributed by atoms with Crippen molar-refractivity contribution in [1.29, 1.82) is 0 Å². The number of nitrogens with one attached hydrogen (secondary N) is 1. The molecule has 6 heteroatoms. The van der Waals surface area contributed by atoms with E-state index in [0.717, 1.165) is 11.0 Å². The minimum Gasteiger partial charge on any atom is -0.373 e. The van der Waals surface area contributed by atoms with Gasteiger partial charge in [-0.1, -0.05) is 27.5 Å². The number of morpholine rings is 1. The topological polar surface area (TPSA) is 41.6 Å². The molecule has 1 fully saturated rings. The first-order valence-corrected chi connectivity index (χ1v) is 7.29. The van der Waals surface area contributed by atoms with Crippen molar-refractivity contribution in [3.63, 3.8) is 0 Å². The van der Waals surface area contributed by atoms with Gasteiger partial charge < -0.3 is 15.0 Å². The number of nitrogens with zero attached hydrogens (tertiary/aromatic N) is 1. The number of hydrogen-bond acceptors (Lipinski definition) is 3. The van der Waals surface area contributed by atoms with Crippen molar-refractivity contribution < 1.29 is 9.53 Å². The molecule has 1 aromatic carbocycles. The summed E-state index contributed by atoms with van der Waals surface area (Å²) in [7, 11) is 1.87. The molecule has 1 aliphatic rings. The highest BCUT2D eigenvalue weighted by molar-refractivity contribution is 9.10. The van der Waals surface area contributed by atoms with Gasteiger partial charge in [-0.25, -0.2) is 0 Å². The lowest BCUT2D eigenvalue weighted by molar-refractivity contribution is -0.0196. The second-order valence-corrected chi connectivity index (χ2v) is 5.81. The third-order valence-electron chi connectivity index (χ3n) is 2.97. The molecule has 0 aliphatic carbocycles. The van der Waals surface area contributed by atoms with Crippen LogP contribution in [0.5, 0.6) is 0 Å². The Labute approximate surface area is 126 Å². The zero-order valence-corrected chi connectivity index (χ0v) is 13.0. The zero-order valence-electron chi connectivity index (χ0n) is 10.7. The maximum absolute atomic E-state index is 12.4. The van der Waals surface area contributed by atoms with Crippen LogP contribution in [0.2, 0.25) is 5.02 Å². The number of rotatable bonds is 3. The molecule has 0 spiro atoms. The van der Waals surface area contributed by atoms with Crippen LogP contribution < -0.4 is 5.32 Å². The van der Waals surface area contributed by atoms with Crippen LogP contribution >= 0.6 is 27.5 Å². The normalized spacial score (nSPS) is 19.5. The molecule has 0 saturated carbocycles. The van der Waals surface area contributed by atoms with Gasteiger partial charge in [-0.3, -0.25) is 4.79 Å². The van der Waals surface area contributed by atoms with Crippen LogP contribution in [0.1, 0.15) is 10.4 Å². The van der Waals surface area contributed by atoms with Crippen molar-refractivity contribution in [3.8, 4) is 0 Å². The van der Waals surface area contributed by atoms with Crippen LogP contribution in [-0.2, 0) is 4.74 Å². The van der Waals surface area contributed by atoms with Crippen LogP contribution in [0.25, 0.3) is 0 Å². The van der Waals surface area contributed by atoms with Gasteiger partial charge in [0.05, 0.1) is 12.7 Å². The third kappa shape index (κ3) is 3.92. The number of halogens is 2. The zero-order chi connectivity index (χ0) is 13.8. The van der Waals surface area contributed by atoms with Gasteiger partial charge in [0.15, 0.2) is 0 Å². The fourth-order valence-corrected chi connectivity index (χ4v) is 2.97. The summed E-state index contributed by atoms with van der Waals surface area (Å²) in [6.45, 7) is 2.52. The molecule has 1 aliphatic heterocycles. The Morgan fingerprint density at radius 2 is 2.37 bits per heavy atom. The van der Waals surface area contributed by atoms with E-state index < -0.39 is 0 Å². The maximum Gasteiger partial charge on any atom is 0.254 e. The van der Waals surface area contributed by atoms with Gasteiger partial charge in [0, 0.05) is 34.7 Å². The van der Waals surface area contributed by atoms with Gasteiger partial charge in [0.25, 0.3) is 5.91 Å². The summed E-state index contributed by atoms with van der Waals surface area (Å²) in [6.07, 6.45) is 0.0466. The largest absolute Gasteiger partial charge is 0.373 e. The van der Waals surface area contributed by atoms with Crippen LogP contribution in [0.3, 0.4) is 0 Å². The number of amides is 1. The first-order valence-electron chi connectivity index (χ1n) is 6.11. The van der Waals surface area contributed by atoms with E-state index in [0.29, 0.717) is 30.3 Å². The van der Waals surface area contributed by atoms with E-state index in [9.17, 15) is 4.79 Å². The molecule has 4 nitrogen and oxygen atoms in total. The molecule has 19 heavy (non-hydrogen) atoms. The van der Waals surface area contributed by atoms with Gasteiger partial charge in [-0.15, -0.1) is 0 Å². The quantitative estimate of drug-likeness (QED) is 0.911. The summed E-state index contributed by atoms with van der Waals surface area (Å²) < 4.78 is 6.40. The van der Waals surface area contributed by atoms with Crippen molar-refractivity contribution in [2.24, 2.45) is 0 Å². The molecule has 0 radical (unpaired) electrons. The van der Waals surface area contributed by atoms with Gasteiger partial charge >= 0.3 is 0 Å². The molecular weight excluding hydrogens is 332 g/mol. The second kappa shape index (κ2) is 6.70. The van der Waals surface area contributed by atoms with Crippen molar-refractivity contribution in [2.45, 2.75) is 6.10 Å². The smallest absolute Gasteiger partial charge is 0.254 e. The maximum atomic E-state index is 12.4. The van der Waals surface area contributed by atoms with Crippen LogP contribution in [0, 0.1) is 0 Å². The molecule has 1 aromatic rings. The highest BCUT2D eigenvalue weighted by Crippen LogP contribution is 2.21. The van der Waals surface area contributed by atoms with Crippen molar-refractivity contribution in [1.82, 2.24) is 10.2 Å². The Morgan fingerprint density at radius 1 is 1.58 bits per heavy atom. The molecule has 104 valence electrons. The molecule has 0 aromatic heterocycles. The predicted molar refractivity (Wildman–Crippen MR) is 78.7 cm³/mol. The lowest BCUT2D eigenvalue weighted by Crippen LogP contribution is -2.48. The summed E-state index contributed by atoms with van der Waals surface area (Å²) in [4.78, 5) is 14.2. The molecule has 1 saturated heterocycles. The number of benzene rings is 1. The van der Waals surface area contributed by atoms with Crippen molar-refractivity contribution in [3.05, 3.63) is 33.3 Å². The van der Waals surface area contributed by atoms with Gasteiger partial charge in [-0.05, 0) is 25.2 Å². The van der Waals surface area contributed by atoms with E-state index in [1.54, 1.807) is 18.2 Å². The fraction of sp³-hybridized carbons (Fsp3) is 0.462. The molecule has 1 N–H and O–H groups in total. The summed E-state index contributed by atoms with van der Waals surface area (Å²) in [5.41, 5.74) is 0.601. The molecule has 1 heterocycles. The number of carbonyl (C=O) groups is 1. The predicted octanol–water partition coefficient (Wildman–Crippen LogP) is 2.16. The Hall–Kier alpha value is -0.620. The fourth-order valence-electron chi connectivity index (χ4n) is 2.11. The van der Waals surface area contributed by atoms with E-state index in [1.807, 2.05) is 11.9 Å². The molecule has 1 atom stereocenters. The van der Waals surface area contributed by atoms with Crippen LogP contribution in [0.4, 0.5) is 0 Å². The van der Waals surface area contributed by atoms with Crippen molar-refractivity contribution in [2.75, 3.05) is 33.3 Å². The average molecular weight is 348 g/mol. The average Bonchev–Trinajstić information content (AvgIpc) is 2.37. The highest BCUT2D eigenvalue weighted by atomic mass is 79.9. The second-order valence-electron chi connectivity index (χ2n) is 4.46. The standard InChI is InChI=1S/C13H16BrClN2O2/c1-16-7-12-8-17(2-3-19-12)13(18)9-4-10(14)6-11(15)5-9/h4-6,12,16H,2-3,7-8H2,1H3. The molecule has 1 unspecified atom stereocenters. The van der Waals surface area contributed by atoms with E-state index >= 15 is 0 Å². The van der Waals surface area contributed by atoms with Gasteiger partial charge in [-0.2, -0.15) is 0 Å². The highest BCUT2D eigenvalue weighted by Gasteiger charge is 2.24. The Morgan fingerprint density at radius 3 is 3.05 bits per heavy atom. The van der Waals surface area contributed by atoms with Gasteiger partial charge in [0.1, 0.15) is 0 Å². The third-order valence-corrected chi connectivity index (χ3v) is 3.64. The lowest BCUT2D eigenvalue weighted by atomic mass is 10.1. The molecular formula is C13H16BrClN2O2. The van der Waals surface area contributed by atoms with Crippen molar-refractivity contribution >= 4 is 33.4 Å². The number of hydrogen-bond donors (Lipinski definition) is 1. The summed E-state index contributed by atoms with van der Waals surface area (Å²) >= 11 is 9.33. The van der Waals surface area contributed by atoms with E-state index in [-0.39, 0.29) is 12.0 Å². The molecule has 0 bridgehead atoms.